The number of nitrogens with zero attached hydrogens (tertiary/aromatic N) is 3. The molecule has 0 saturated heterocycles. The fourth-order valence-electron chi connectivity index (χ4n) is 3.06. The standard InChI is InChI=1S/C25H20FN5O2S/c26-19-11-13-20(14-12-19)28-21(32)15-27-22(33)16-34-25-29-23(17-7-3-1-4-8-17)24(30-31-25)18-9-5-2-6-10-18/h1-14H,15-16H2,(H,27,33)(H,28,32). The van der Waals surface area contributed by atoms with E-state index in [2.05, 4.69) is 25.8 Å². The largest absolute Gasteiger partial charge is 0.346 e. The number of amides is 2. The summed E-state index contributed by atoms with van der Waals surface area (Å²) in [7, 11) is 0. The van der Waals surface area contributed by atoms with Gasteiger partial charge in [0.05, 0.1) is 12.3 Å². The SMILES string of the molecule is O=C(CSc1nnc(-c2ccccc2)c(-c2ccccc2)n1)NCC(=O)Nc1ccc(F)cc1. The second kappa shape index (κ2) is 11.2. The van der Waals surface area contributed by atoms with Crippen molar-refractivity contribution in [2.75, 3.05) is 17.6 Å². The first-order chi connectivity index (χ1) is 16.6. The maximum atomic E-state index is 12.9. The third-order valence-electron chi connectivity index (χ3n) is 4.67. The molecule has 4 aromatic rings. The summed E-state index contributed by atoms with van der Waals surface area (Å²) in [6.07, 6.45) is 0. The fourth-order valence-corrected chi connectivity index (χ4v) is 3.68. The predicted octanol–water partition coefficient (Wildman–Crippen LogP) is 4.19. The van der Waals surface area contributed by atoms with Crippen LogP contribution in [0.15, 0.2) is 90.1 Å². The molecule has 0 bridgehead atoms. The van der Waals surface area contributed by atoms with Gasteiger partial charge in [-0.25, -0.2) is 9.37 Å². The lowest BCUT2D eigenvalue weighted by Gasteiger charge is -2.09. The van der Waals surface area contributed by atoms with Crippen molar-refractivity contribution in [2.24, 2.45) is 0 Å². The highest BCUT2D eigenvalue weighted by molar-refractivity contribution is 7.99. The number of carbonyl (C=O) groups is 2. The van der Waals surface area contributed by atoms with E-state index in [-0.39, 0.29) is 18.2 Å². The Balaban J connectivity index is 1.38. The zero-order chi connectivity index (χ0) is 23.8. The summed E-state index contributed by atoms with van der Waals surface area (Å²) < 4.78 is 12.9. The first-order valence-electron chi connectivity index (χ1n) is 10.4. The summed E-state index contributed by atoms with van der Waals surface area (Å²) in [6, 6.07) is 24.7. The number of hydrogen-bond acceptors (Lipinski definition) is 6. The summed E-state index contributed by atoms with van der Waals surface area (Å²) in [5, 5.41) is 14.0. The van der Waals surface area contributed by atoms with Crippen molar-refractivity contribution >= 4 is 29.3 Å². The Kier molecular flexibility index (Phi) is 7.56. The average Bonchev–Trinajstić information content (AvgIpc) is 2.88. The smallest absolute Gasteiger partial charge is 0.243 e. The number of halogens is 1. The number of thioether (sulfide) groups is 1. The number of nitrogens with one attached hydrogen (secondary N) is 2. The van der Waals surface area contributed by atoms with Crippen molar-refractivity contribution < 1.29 is 14.0 Å². The van der Waals surface area contributed by atoms with Crippen molar-refractivity contribution in [3.8, 4) is 22.5 Å². The summed E-state index contributed by atoms with van der Waals surface area (Å²) >= 11 is 1.13. The van der Waals surface area contributed by atoms with E-state index >= 15 is 0 Å². The summed E-state index contributed by atoms with van der Waals surface area (Å²) in [5.74, 6) is -1.14. The summed E-state index contributed by atoms with van der Waals surface area (Å²) in [6.45, 7) is -0.210. The van der Waals surface area contributed by atoms with Gasteiger partial charge in [0.15, 0.2) is 0 Å². The number of benzene rings is 3. The van der Waals surface area contributed by atoms with Crippen LogP contribution in [0.25, 0.3) is 22.5 Å². The quantitative estimate of drug-likeness (QED) is 0.373. The lowest BCUT2D eigenvalue weighted by Crippen LogP contribution is -2.33. The minimum atomic E-state index is -0.415. The first-order valence-corrected chi connectivity index (χ1v) is 11.4. The van der Waals surface area contributed by atoms with E-state index in [4.69, 9.17) is 0 Å². The van der Waals surface area contributed by atoms with Crippen LogP contribution in [0.3, 0.4) is 0 Å². The van der Waals surface area contributed by atoms with E-state index in [0.717, 1.165) is 22.9 Å². The van der Waals surface area contributed by atoms with Gasteiger partial charge in [-0.1, -0.05) is 72.4 Å². The number of anilines is 1. The Morgan fingerprint density at radius 2 is 1.38 bits per heavy atom. The molecule has 2 amide bonds. The van der Waals surface area contributed by atoms with Gasteiger partial charge in [0, 0.05) is 16.8 Å². The molecular weight excluding hydrogens is 453 g/mol. The van der Waals surface area contributed by atoms with Crippen LogP contribution in [0.1, 0.15) is 0 Å². The maximum Gasteiger partial charge on any atom is 0.243 e. The van der Waals surface area contributed by atoms with Crippen LogP contribution in [0.2, 0.25) is 0 Å². The van der Waals surface area contributed by atoms with Crippen LogP contribution in [0.5, 0.6) is 0 Å². The average molecular weight is 474 g/mol. The van der Waals surface area contributed by atoms with E-state index in [1.165, 1.54) is 24.3 Å². The zero-order valence-corrected chi connectivity index (χ0v) is 18.8. The molecule has 0 aliphatic rings. The highest BCUT2D eigenvalue weighted by Crippen LogP contribution is 2.29. The minimum absolute atomic E-state index is 0.0183. The Hall–Kier alpha value is -4.11. The second-order valence-corrected chi connectivity index (χ2v) is 8.09. The molecule has 34 heavy (non-hydrogen) atoms. The number of hydrogen-bond donors (Lipinski definition) is 2. The van der Waals surface area contributed by atoms with E-state index in [1.807, 2.05) is 60.7 Å². The molecule has 170 valence electrons. The number of aromatic nitrogens is 3. The Morgan fingerprint density at radius 3 is 2.03 bits per heavy atom. The van der Waals surface area contributed by atoms with Crippen LogP contribution >= 0.6 is 11.8 Å². The molecule has 4 rings (SSSR count). The Morgan fingerprint density at radius 1 is 0.765 bits per heavy atom. The molecule has 0 aliphatic heterocycles. The van der Waals surface area contributed by atoms with Crippen molar-refractivity contribution in [3.63, 3.8) is 0 Å². The van der Waals surface area contributed by atoms with Gasteiger partial charge in [0.2, 0.25) is 17.0 Å². The van der Waals surface area contributed by atoms with Gasteiger partial charge in [0.1, 0.15) is 17.2 Å². The molecule has 1 heterocycles. The maximum absolute atomic E-state index is 12.9. The first kappa shape index (κ1) is 23.1. The Labute approximate surface area is 199 Å². The highest BCUT2D eigenvalue weighted by atomic mass is 32.2. The van der Waals surface area contributed by atoms with Gasteiger partial charge in [0.25, 0.3) is 0 Å². The lowest BCUT2D eigenvalue weighted by molar-refractivity contribution is -0.122. The van der Waals surface area contributed by atoms with Crippen molar-refractivity contribution in [1.29, 1.82) is 0 Å². The minimum Gasteiger partial charge on any atom is -0.346 e. The molecule has 0 fully saturated rings. The van der Waals surface area contributed by atoms with Crippen LogP contribution in [-0.2, 0) is 9.59 Å². The predicted molar refractivity (Wildman–Crippen MR) is 129 cm³/mol. The van der Waals surface area contributed by atoms with Crippen LogP contribution in [0, 0.1) is 5.82 Å². The molecular formula is C25H20FN5O2S. The van der Waals surface area contributed by atoms with Gasteiger partial charge in [-0.3, -0.25) is 9.59 Å². The lowest BCUT2D eigenvalue weighted by atomic mass is 10.0. The van der Waals surface area contributed by atoms with Crippen LogP contribution in [-0.4, -0.2) is 39.3 Å². The van der Waals surface area contributed by atoms with Gasteiger partial charge in [-0.15, -0.1) is 10.2 Å². The van der Waals surface area contributed by atoms with E-state index in [9.17, 15) is 14.0 Å². The molecule has 0 unspecified atom stereocenters. The Bertz CT molecular complexity index is 1270. The zero-order valence-electron chi connectivity index (χ0n) is 17.9. The van der Waals surface area contributed by atoms with Gasteiger partial charge in [-0.2, -0.15) is 0 Å². The van der Waals surface area contributed by atoms with Crippen molar-refractivity contribution in [2.45, 2.75) is 5.16 Å². The third-order valence-corrected chi connectivity index (χ3v) is 5.51. The topological polar surface area (TPSA) is 96.9 Å². The van der Waals surface area contributed by atoms with Gasteiger partial charge in [-0.05, 0) is 24.3 Å². The third kappa shape index (κ3) is 6.23. The number of carbonyl (C=O) groups excluding carboxylic acids is 2. The van der Waals surface area contributed by atoms with E-state index in [1.54, 1.807) is 0 Å². The fraction of sp³-hybridized carbons (Fsp3) is 0.0800. The normalized spacial score (nSPS) is 10.5. The van der Waals surface area contributed by atoms with Crippen molar-refractivity contribution in [1.82, 2.24) is 20.5 Å². The molecule has 0 saturated carbocycles. The molecule has 0 atom stereocenters. The molecule has 7 nitrogen and oxygen atoms in total. The highest BCUT2D eigenvalue weighted by Gasteiger charge is 2.15. The van der Waals surface area contributed by atoms with Crippen LogP contribution in [0.4, 0.5) is 10.1 Å². The summed E-state index contributed by atoms with van der Waals surface area (Å²) in [4.78, 5) is 28.9. The van der Waals surface area contributed by atoms with Gasteiger partial charge >= 0.3 is 0 Å². The summed E-state index contributed by atoms with van der Waals surface area (Å²) in [5.41, 5.74) is 3.55. The molecule has 9 heteroatoms. The molecule has 2 N–H and O–H groups in total. The van der Waals surface area contributed by atoms with Gasteiger partial charge < -0.3 is 10.6 Å². The second-order valence-electron chi connectivity index (χ2n) is 7.14. The molecule has 1 aromatic heterocycles. The van der Waals surface area contributed by atoms with E-state index < -0.39 is 11.7 Å². The molecule has 0 spiro atoms. The molecule has 0 aliphatic carbocycles. The molecule has 3 aromatic carbocycles. The molecule has 0 radical (unpaired) electrons. The van der Waals surface area contributed by atoms with Crippen molar-refractivity contribution in [3.05, 3.63) is 90.7 Å². The monoisotopic (exact) mass is 473 g/mol. The van der Waals surface area contributed by atoms with Crippen LogP contribution < -0.4 is 10.6 Å². The van der Waals surface area contributed by atoms with E-state index in [0.29, 0.717) is 22.2 Å². The number of rotatable bonds is 8.